The lowest BCUT2D eigenvalue weighted by Crippen LogP contribution is -2.41. The van der Waals surface area contributed by atoms with Crippen LogP contribution in [-0.4, -0.2) is 98.1 Å². The Morgan fingerprint density at radius 1 is 0.617 bits per heavy atom. The van der Waals surface area contributed by atoms with Gasteiger partial charge in [-0.1, -0.05) is 116 Å². The van der Waals surface area contributed by atoms with Gasteiger partial charge < -0.3 is 18.2 Å². The number of hydrogen-bond donors (Lipinski definition) is 1. The zero-order chi connectivity index (χ0) is 69.7. The summed E-state index contributed by atoms with van der Waals surface area (Å²) in [5.41, 5.74) is 7.08. The second-order valence-corrected chi connectivity index (χ2v) is 45.9. The van der Waals surface area contributed by atoms with Crippen LogP contribution in [0.15, 0.2) is 114 Å². The minimum Gasteiger partial charge on any atom is -0.411 e. The van der Waals surface area contributed by atoms with Crippen molar-refractivity contribution in [3.63, 3.8) is 0 Å². The molecule has 0 bridgehead atoms. The van der Waals surface area contributed by atoms with Gasteiger partial charge in [-0.15, -0.1) is 0 Å². The van der Waals surface area contributed by atoms with Crippen LogP contribution in [0.5, 0.6) is 0 Å². The van der Waals surface area contributed by atoms with Gasteiger partial charge in [-0.3, -0.25) is 9.19 Å². The molecule has 6 aromatic heterocycles. The SMILES string of the molecule is CC1(C)OB(c2cc(Cl)c3cnn(-c4cccc(CO[Si](C)(C)C(C)(C)C)n4)c3c2)OC1(C)C.CCC[C@H](CS(=O)C(C)(C)C)c1cccc(-c2cc(Cl)c3cnn(-c4cccc(CO[Si](C)(C)C(C)(C)C)n4)c3c2)n1.CCC[C@H](NS(=O)C(C)(C)C)c1cccc(Br)n1. The van der Waals surface area contributed by atoms with Crippen molar-refractivity contribution in [3.8, 4) is 22.9 Å². The van der Waals surface area contributed by atoms with Gasteiger partial charge in [0, 0.05) is 49.2 Å². The lowest BCUT2D eigenvalue weighted by molar-refractivity contribution is 0.00578. The normalized spacial score (nSPS) is 15.9. The molecule has 1 aliphatic rings. The van der Waals surface area contributed by atoms with Crippen molar-refractivity contribution < 1.29 is 26.6 Å². The van der Waals surface area contributed by atoms with Crippen LogP contribution in [0.3, 0.4) is 0 Å². The summed E-state index contributed by atoms with van der Waals surface area (Å²) in [6.45, 7) is 47.8. The largest absolute Gasteiger partial charge is 0.494 e. The molecule has 1 aliphatic heterocycles. The number of nitrogens with one attached hydrogen (secondary N) is 1. The number of aromatic nitrogens is 8. The first kappa shape index (κ1) is 77.0. The number of benzene rings is 2. The maximum atomic E-state index is 13.0. The van der Waals surface area contributed by atoms with Gasteiger partial charge in [-0.05, 0) is 213 Å². The van der Waals surface area contributed by atoms with E-state index >= 15 is 0 Å². The quantitative estimate of drug-likeness (QED) is 0.0567. The molecule has 4 atom stereocenters. The minimum absolute atomic E-state index is 0.0348. The Balaban J connectivity index is 0.000000215. The van der Waals surface area contributed by atoms with E-state index in [0.29, 0.717) is 40.6 Å². The summed E-state index contributed by atoms with van der Waals surface area (Å²) < 4.78 is 57.6. The van der Waals surface area contributed by atoms with Gasteiger partial charge in [-0.2, -0.15) is 10.2 Å². The fourth-order valence-electron chi connectivity index (χ4n) is 9.51. The van der Waals surface area contributed by atoms with E-state index in [1.165, 1.54) is 0 Å². The molecule has 1 saturated heterocycles. The molecule has 15 nitrogen and oxygen atoms in total. The molecule has 2 unspecified atom stereocenters. The molecule has 2 aromatic carbocycles. The van der Waals surface area contributed by atoms with Crippen LogP contribution in [0.25, 0.3) is 44.7 Å². The van der Waals surface area contributed by atoms with E-state index in [1.54, 1.807) is 12.4 Å². The van der Waals surface area contributed by atoms with Gasteiger partial charge in [0.2, 0.25) is 0 Å². The van der Waals surface area contributed by atoms with E-state index in [1.807, 2.05) is 164 Å². The third-order valence-corrected chi connectivity index (χ3v) is 32.0. The molecule has 9 rings (SSSR count). The zero-order valence-electron chi connectivity index (χ0n) is 59.6. The molecule has 94 heavy (non-hydrogen) atoms. The second kappa shape index (κ2) is 30.8. The van der Waals surface area contributed by atoms with E-state index in [-0.39, 0.29) is 31.5 Å². The van der Waals surface area contributed by atoms with E-state index in [4.69, 9.17) is 56.3 Å². The summed E-state index contributed by atoms with van der Waals surface area (Å²) in [4.78, 5) is 19.3. The first-order valence-electron chi connectivity index (χ1n) is 32.6. The van der Waals surface area contributed by atoms with Crippen molar-refractivity contribution in [1.29, 1.82) is 0 Å². The Labute approximate surface area is 586 Å². The van der Waals surface area contributed by atoms with Crippen LogP contribution in [0.4, 0.5) is 0 Å². The number of halogens is 3. The van der Waals surface area contributed by atoms with Crippen LogP contribution in [0.1, 0.15) is 185 Å². The molecule has 7 heterocycles. The summed E-state index contributed by atoms with van der Waals surface area (Å²) in [5.74, 6) is 2.15. The summed E-state index contributed by atoms with van der Waals surface area (Å²) >= 11 is 16.8. The van der Waals surface area contributed by atoms with E-state index in [9.17, 15) is 8.42 Å². The number of fused-ring (bicyclic) bond motifs is 2. The van der Waals surface area contributed by atoms with Crippen LogP contribution in [0.2, 0.25) is 46.3 Å². The molecule has 0 amide bonds. The third-order valence-electron chi connectivity index (χ3n) is 18.3. The second-order valence-electron chi connectivity index (χ2n) is 30.4. The third kappa shape index (κ3) is 19.3. The van der Waals surface area contributed by atoms with Crippen molar-refractivity contribution in [1.82, 2.24) is 44.2 Å². The number of pyridine rings is 4. The molecule has 0 radical (unpaired) electrons. The van der Waals surface area contributed by atoms with E-state index in [2.05, 4.69) is 130 Å². The predicted molar refractivity (Wildman–Crippen MR) is 402 cm³/mol. The molecular weight excluding hydrogens is 1360 g/mol. The summed E-state index contributed by atoms with van der Waals surface area (Å²) in [6, 6.07) is 31.7. The minimum atomic E-state index is -1.91. The van der Waals surface area contributed by atoms with Crippen LogP contribution in [0, 0.1) is 0 Å². The summed E-state index contributed by atoms with van der Waals surface area (Å²) in [5, 5.41) is 12.4. The lowest BCUT2D eigenvalue weighted by atomic mass is 9.79. The molecule has 23 heteroatoms. The van der Waals surface area contributed by atoms with Crippen LogP contribution in [-0.2, 0) is 53.2 Å². The number of nitrogens with zero attached hydrogens (tertiary/aromatic N) is 8. The fraction of sp³-hybridized carbons (Fsp3) is 0.521. The van der Waals surface area contributed by atoms with E-state index in [0.717, 1.165) is 91.6 Å². The lowest BCUT2D eigenvalue weighted by Gasteiger charge is -2.36. The molecule has 1 fully saturated rings. The highest BCUT2D eigenvalue weighted by Gasteiger charge is 2.52. The van der Waals surface area contributed by atoms with Gasteiger partial charge in [-0.25, -0.2) is 33.2 Å². The molecular formula is C71H101BBrCl2N9O6S2Si2. The molecule has 0 spiro atoms. The van der Waals surface area contributed by atoms with Crippen molar-refractivity contribution in [2.24, 2.45) is 0 Å². The average molecular weight is 1460 g/mol. The summed E-state index contributed by atoms with van der Waals surface area (Å²) in [6.07, 6.45) is 7.43. The van der Waals surface area contributed by atoms with Crippen molar-refractivity contribution in [3.05, 3.63) is 147 Å². The highest BCUT2D eigenvalue weighted by Crippen LogP contribution is 2.40. The first-order chi connectivity index (χ1) is 43.6. The molecule has 0 aliphatic carbocycles. The van der Waals surface area contributed by atoms with Crippen molar-refractivity contribution in [2.75, 3.05) is 5.75 Å². The van der Waals surface area contributed by atoms with Gasteiger partial charge >= 0.3 is 7.12 Å². The first-order valence-corrected chi connectivity index (χ1v) is 42.5. The summed E-state index contributed by atoms with van der Waals surface area (Å²) in [7, 11) is -6.33. The zero-order valence-corrected chi connectivity index (χ0v) is 66.3. The van der Waals surface area contributed by atoms with Gasteiger partial charge in [0.25, 0.3) is 0 Å². The standard InChI is InChI=1S/C33H45ClN4O2SSi.C25H35BClN3O3Si.C13H21BrN2OS/c1-10-13-23(22-41(39)32(2,3)4)28-15-12-16-29(37-28)24-18-27(34)26-20-35-38(30(26)19-24)31-17-11-14-25(36-31)21-40-42(8,9)33(5,6)7;1-23(2,3)34(8,9)31-16-18-11-10-12-22(29-18)30-21-14-17(13-20(27)19(21)15-28-30)26-32-24(4,5)25(6,7)33-26;1-5-7-11(16-18(17)13(2,3)4)10-8-6-9-12(14)15-10/h11-12,14-20,23H,10,13,21-22H2,1-9H3;10-15H,16H2,1-9H3;6,8-9,11,16H,5,7H2,1-4H3/t23-,41?;;11-,18?/m1.0/s1. The maximum Gasteiger partial charge on any atom is 0.494 e. The molecule has 8 aromatic rings. The van der Waals surface area contributed by atoms with Crippen LogP contribution < -0.4 is 10.2 Å². The van der Waals surface area contributed by atoms with Crippen molar-refractivity contribution >= 4 is 112 Å². The highest BCUT2D eigenvalue weighted by molar-refractivity contribution is 9.10. The molecule has 1 N–H and O–H groups in total. The van der Waals surface area contributed by atoms with Crippen LogP contribution >= 0.6 is 39.1 Å². The topological polar surface area (TPSA) is 170 Å². The monoisotopic (exact) mass is 1460 g/mol. The van der Waals surface area contributed by atoms with Gasteiger partial charge in [0.15, 0.2) is 28.3 Å². The Morgan fingerprint density at radius 3 is 1.57 bits per heavy atom. The smallest absolute Gasteiger partial charge is 0.411 e. The van der Waals surface area contributed by atoms with Gasteiger partial charge in [0.1, 0.15) is 4.60 Å². The van der Waals surface area contributed by atoms with Gasteiger partial charge in [0.05, 0.1) is 102 Å². The number of rotatable bonds is 20. The number of hydrogen-bond acceptors (Lipinski definition) is 12. The highest BCUT2D eigenvalue weighted by atomic mass is 79.9. The predicted octanol–water partition coefficient (Wildman–Crippen LogP) is 18.7. The molecule has 510 valence electrons. The Morgan fingerprint density at radius 2 is 1.10 bits per heavy atom. The molecule has 0 saturated carbocycles. The Hall–Kier alpha value is -4.36. The van der Waals surface area contributed by atoms with E-state index < -0.39 is 56.7 Å². The Bertz CT molecular complexity index is 3940. The average Bonchev–Trinajstić information content (AvgIpc) is 1.59. The Kier molecular flexibility index (Phi) is 25.2. The van der Waals surface area contributed by atoms with Crippen molar-refractivity contribution in [2.45, 2.75) is 232 Å². The fourth-order valence-corrected chi connectivity index (χ4v) is 14.3. The maximum absolute atomic E-state index is 13.0.